The molecule has 0 radical (unpaired) electrons. The average molecular weight is 483 g/mol. The fourth-order valence-electron chi connectivity index (χ4n) is 2.81. The number of phosphoric acid groups is 1. The second-order valence-corrected chi connectivity index (χ2v) is 8.63. The monoisotopic (exact) mass is 482 g/mol. The van der Waals surface area contributed by atoms with Crippen LogP contribution in [0.25, 0.3) is 0 Å². The lowest BCUT2D eigenvalue weighted by Crippen LogP contribution is -2.20. The van der Waals surface area contributed by atoms with Crippen molar-refractivity contribution < 1.29 is 22.5 Å². The maximum atomic E-state index is 14.6. The molecule has 1 aliphatic heterocycles. The molecule has 6 nitrogen and oxygen atoms in total. The lowest BCUT2D eigenvalue weighted by atomic mass is 10.00. The van der Waals surface area contributed by atoms with Crippen LogP contribution in [0.5, 0.6) is 0 Å². The number of halogens is 2. The first-order chi connectivity index (χ1) is 13.9. The van der Waals surface area contributed by atoms with Crippen LogP contribution in [0, 0.1) is 5.82 Å². The average Bonchev–Trinajstić information content (AvgIpc) is 2.79. The fourth-order valence-corrected chi connectivity index (χ4v) is 4.41. The predicted octanol–water partition coefficient (Wildman–Crippen LogP) is 6.06. The second-order valence-electron chi connectivity index (χ2n) is 6.12. The number of aliphatic imine (C=N–C) groups is 2. The molecule has 1 aliphatic rings. The van der Waals surface area contributed by atoms with E-state index in [4.69, 9.17) is 13.6 Å². The van der Waals surface area contributed by atoms with Gasteiger partial charge in [-0.25, -0.2) is 13.9 Å². The van der Waals surface area contributed by atoms with E-state index < -0.39 is 19.7 Å². The largest absolute Gasteiger partial charge is 0.531 e. The van der Waals surface area contributed by atoms with Gasteiger partial charge in [0, 0.05) is 15.6 Å². The van der Waals surface area contributed by atoms with Gasteiger partial charge in [-0.05, 0) is 51.1 Å². The topological polar surface area (TPSA) is 69.5 Å². The standard InChI is InChI=1S/C20H21BrFN2O4P/c1-4-26-29(25,27-5-2)28-20-13(3)23-19(15-8-6-7-9-17(15)22)16-12-14(21)10-11-18(16)24-20/h6-13H,4-5H2,1-3H3/t13-/m1/s1. The highest BCUT2D eigenvalue weighted by Crippen LogP contribution is 2.50. The molecule has 0 aromatic heterocycles. The molecule has 0 spiro atoms. The molecule has 0 saturated heterocycles. The van der Waals surface area contributed by atoms with Gasteiger partial charge in [-0.15, -0.1) is 0 Å². The van der Waals surface area contributed by atoms with Gasteiger partial charge in [-0.3, -0.25) is 14.0 Å². The summed E-state index contributed by atoms with van der Waals surface area (Å²) in [4.78, 5) is 9.16. The summed E-state index contributed by atoms with van der Waals surface area (Å²) in [5.41, 5.74) is 1.90. The first-order valence-electron chi connectivity index (χ1n) is 9.16. The van der Waals surface area contributed by atoms with Gasteiger partial charge in [-0.1, -0.05) is 28.1 Å². The van der Waals surface area contributed by atoms with Gasteiger partial charge < -0.3 is 4.52 Å². The summed E-state index contributed by atoms with van der Waals surface area (Å²) in [5, 5.41) is 0. The Hall–Kier alpha value is -1.86. The third kappa shape index (κ3) is 5.01. The molecule has 1 heterocycles. The molecule has 154 valence electrons. The van der Waals surface area contributed by atoms with Crippen molar-refractivity contribution in [1.29, 1.82) is 0 Å². The van der Waals surface area contributed by atoms with E-state index in [1.807, 2.05) is 6.07 Å². The van der Waals surface area contributed by atoms with E-state index in [9.17, 15) is 8.96 Å². The number of phosphoric ester groups is 1. The van der Waals surface area contributed by atoms with Gasteiger partial charge in [0.15, 0.2) is 0 Å². The van der Waals surface area contributed by atoms with E-state index in [2.05, 4.69) is 25.9 Å². The van der Waals surface area contributed by atoms with Gasteiger partial charge in [0.2, 0.25) is 5.90 Å². The van der Waals surface area contributed by atoms with Crippen LogP contribution in [-0.2, 0) is 18.1 Å². The minimum Gasteiger partial charge on any atom is -0.387 e. The molecule has 0 amide bonds. The lowest BCUT2D eigenvalue weighted by Gasteiger charge is -2.19. The molecule has 0 unspecified atom stereocenters. The highest BCUT2D eigenvalue weighted by Gasteiger charge is 2.33. The van der Waals surface area contributed by atoms with E-state index in [1.54, 1.807) is 51.1 Å². The SMILES string of the molecule is CCOP(=O)(OCC)OC1=Nc2ccc(Br)cc2C(c2ccccc2F)=N[C@@H]1C. The summed E-state index contributed by atoms with van der Waals surface area (Å²) in [6.07, 6.45) is 0. The van der Waals surface area contributed by atoms with Crippen LogP contribution in [0.3, 0.4) is 0 Å². The van der Waals surface area contributed by atoms with Gasteiger partial charge in [0.05, 0.1) is 24.6 Å². The van der Waals surface area contributed by atoms with Crippen molar-refractivity contribution in [2.75, 3.05) is 13.2 Å². The number of rotatable bonds is 6. The summed E-state index contributed by atoms with van der Waals surface area (Å²) in [5.74, 6) is -0.326. The Morgan fingerprint density at radius 3 is 2.45 bits per heavy atom. The maximum Gasteiger partial charge on any atom is 0.531 e. The number of benzene rings is 2. The summed E-state index contributed by atoms with van der Waals surface area (Å²) >= 11 is 3.44. The Kier molecular flexibility index (Phi) is 7.01. The Labute approximate surface area is 177 Å². The molecule has 9 heteroatoms. The van der Waals surface area contributed by atoms with E-state index in [-0.39, 0.29) is 19.1 Å². The van der Waals surface area contributed by atoms with Crippen LogP contribution >= 0.6 is 23.8 Å². The summed E-state index contributed by atoms with van der Waals surface area (Å²) in [7, 11) is -3.85. The molecule has 0 bridgehead atoms. The van der Waals surface area contributed by atoms with Crippen LogP contribution < -0.4 is 0 Å². The fraction of sp³-hybridized carbons (Fsp3) is 0.300. The quantitative estimate of drug-likeness (QED) is 0.469. The van der Waals surface area contributed by atoms with Gasteiger partial charge in [0.25, 0.3) is 0 Å². The van der Waals surface area contributed by atoms with Crippen LogP contribution in [0.4, 0.5) is 10.1 Å². The zero-order valence-electron chi connectivity index (χ0n) is 16.3. The van der Waals surface area contributed by atoms with E-state index in [0.29, 0.717) is 22.5 Å². The Bertz CT molecular complexity index is 1000. The third-order valence-corrected chi connectivity index (χ3v) is 6.09. The second kappa shape index (κ2) is 9.30. The third-order valence-electron chi connectivity index (χ3n) is 4.03. The van der Waals surface area contributed by atoms with Crippen LogP contribution in [0.15, 0.2) is 56.9 Å². The molecule has 0 saturated carbocycles. The van der Waals surface area contributed by atoms with Crippen molar-refractivity contribution in [3.8, 4) is 0 Å². The molecule has 0 fully saturated rings. The lowest BCUT2D eigenvalue weighted by molar-refractivity contribution is 0.163. The molecule has 3 rings (SSSR count). The highest BCUT2D eigenvalue weighted by atomic mass is 79.9. The summed E-state index contributed by atoms with van der Waals surface area (Å²) in [6, 6.07) is 11.1. The first-order valence-corrected chi connectivity index (χ1v) is 11.4. The van der Waals surface area contributed by atoms with Crippen molar-refractivity contribution in [2.24, 2.45) is 9.98 Å². The smallest absolute Gasteiger partial charge is 0.387 e. The van der Waals surface area contributed by atoms with E-state index in [0.717, 1.165) is 4.47 Å². The first kappa shape index (κ1) is 21.8. The van der Waals surface area contributed by atoms with E-state index >= 15 is 0 Å². The molecule has 1 atom stereocenters. The summed E-state index contributed by atoms with van der Waals surface area (Å²) < 4.78 is 44.2. The Morgan fingerprint density at radius 1 is 1.10 bits per heavy atom. The minimum absolute atomic E-state index is 0.0742. The van der Waals surface area contributed by atoms with Crippen molar-refractivity contribution in [3.05, 3.63) is 63.9 Å². The van der Waals surface area contributed by atoms with Crippen molar-refractivity contribution in [3.63, 3.8) is 0 Å². The molecular formula is C20H21BrFN2O4P. The number of fused-ring (bicyclic) bond motifs is 1. The van der Waals surface area contributed by atoms with Crippen molar-refractivity contribution in [1.82, 2.24) is 0 Å². The van der Waals surface area contributed by atoms with Gasteiger partial charge in [0.1, 0.15) is 11.9 Å². The highest BCUT2D eigenvalue weighted by molar-refractivity contribution is 9.10. The maximum absolute atomic E-state index is 14.6. The van der Waals surface area contributed by atoms with Crippen LogP contribution in [-0.4, -0.2) is 30.9 Å². The molecule has 2 aromatic carbocycles. The van der Waals surface area contributed by atoms with Crippen LogP contribution in [0.2, 0.25) is 0 Å². The van der Waals surface area contributed by atoms with E-state index in [1.165, 1.54) is 6.07 Å². The van der Waals surface area contributed by atoms with Crippen molar-refractivity contribution >= 4 is 41.0 Å². The minimum atomic E-state index is -3.85. The molecular weight excluding hydrogens is 462 g/mol. The predicted molar refractivity (Wildman–Crippen MR) is 115 cm³/mol. The zero-order chi connectivity index (χ0) is 21.0. The van der Waals surface area contributed by atoms with Crippen LogP contribution in [0.1, 0.15) is 31.9 Å². The Balaban J connectivity index is 2.12. The molecule has 29 heavy (non-hydrogen) atoms. The Morgan fingerprint density at radius 2 is 1.79 bits per heavy atom. The molecule has 0 N–H and O–H groups in total. The summed E-state index contributed by atoms with van der Waals surface area (Å²) in [6.45, 7) is 5.39. The number of hydrogen-bond donors (Lipinski definition) is 0. The number of nitrogens with zero attached hydrogens (tertiary/aromatic N) is 2. The zero-order valence-corrected chi connectivity index (χ0v) is 18.7. The normalized spacial score (nSPS) is 16.5. The van der Waals surface area contributed by atoms with Gasteiger partial charge in [-0.2, -0.15) is 0 Å². The molecule has 0 aliphatic carbocycles. The van der Waals surface area contributed by atoms with Crippen molar-refractivity contribution in [2.45, 2.75) is 26.8 Å². The van der Waals surface area contributed by atoms with Gasteiger partial charge >= 0.3 is 7.82 Å². The number of hydrogen-bond acceptors (Lipinski definition) is 6. The molecule has 2 aromatic rings.